The van der Waals surface area contributed by atoms with E-state index >= 15 is 0 Å². The van der Waals surface area contributed by atoms with Gasteiger partial charge in [-0.2, -0.15) is 0 Å². The van der Waals surface area contributed by atoms with Gasteiger partial charge in [0.05, 0.1) is 11.0 Å². The van der Waals surface area contributed by atoms with Gasteiger partial charge in [0.1, 0.15) is 0 Å². The summed E-state index contributed by atoms with van der Waals surface area (Å²) in [7, 11) is -4.67. The quantitative estimate of drug-likeness (QED) is 0.642. The number of nitro groups is 1. The number of aromatic nitrogens is 1. The van der Waals surface area contributed by atoms with Crippen molar-refractivity contribution in [1.29, 1.82) is 0 Å². The monoisotopic (exact) mass is 271 g/mol. The van der Waals surface area contributed by atoms with E-state index in [1.165, 1.54) is 0 Å². The Kier molecular flexibility index (Phi) is 3.33. The molecule has 0 saturated heterocycles. The zero-order valence-electron chi connectivity index (χ0n) is 7.80. The number of nitrogens with two attached hydrogens (primary N) is 1. The number of hydrogen-bond acceptors (Lipinski definition) is 5. The Hall–Kier alpha value is -1.75. The molecule has 1 aromatic rings. The van der Waals surface area contributed by atoms with Gasteiger partial charge in [-0.1, -0.05) is 0 Å². The highest BCUT2D eigenvalue weighted by Crippen LogP contribution is 2.29. The molecule has 0 radical (unpaired) electrons. The fraction of sp³-hybridized carbons (Fsp3) is 0.167. The van der Waals surface area contributed by atoms with Crippen LogP contribution in [0.1, 0.15) is 12.1 Å². The topological polar surface area (TPSA) is 116 Å². The van der Waals surface area contributed by atoms with Crippen molar-refractivity contribution in [1.82, 2.24) is 4.98 Å². The third kappa shape index (κ3) is 2.68. The van der Waals surface area contributed by atoms with Crippen molar-refractivity contribution in [2.24, 2.45) is 5.14 Å². The molecular formula is C6H4F3N3O4S. The summed E-state index contributed by atoms with van der Waals surface area (Å²) in [6.07, 6.45) is -3.43. The van der Waals surface area contributed by atoms with E-state index in [1.54, 1.807) is 0 Å². The van der Waals surface area contributed by atoms with Crippen LogP contribution in [0.15, 0.2) is 11.1 Å². The van der Waals surface area contributed by atoms with Gasteiger partial charge >= 0.3 is 0 Å². The number of pyridine rings is 1. The lowest BCUT2D eigenvalue weighted by molar-refractivity contribution is -0.386. The van der Waals surface area contributed by atoms with E-state index in [0.717, 1.165) is 0 Å². The summed E-state index contributed by atoms with van der Waals surface area (Å²) in [6.45, 7) is 0. The maximum Gasteiger partial charge on any atom is 0.299 e. The second kappa shape index (κ2) is 4.25. The van der Waals surface area contributed by atoms with Crippen molar-refractivity contribution in [2.45, 2.75) is 11.5 Å². The number of primary sulfonamides is 1. The van der Waals surface area contributed by atoms with Gasteiger partial charge < -0.3 is 0 Å². The van der Waals surface area contributed by atoms with Crippen LogP contribution < -0.4 is 5.14 Å². The van der Waals surface area contributed by atoms with Crippen LogP contribution in [0.3, 0.4) is 0 Å². The second-order valence-electron chi connectivity index (χ2n) is 2.78. The molecule has 0 aliphatic rings. The Morgan fingerprint density at radius 3 is 2.35 bits per heavy atom. The van der Waals surface area contributed by atoms with Crippen LogP contribution in [0, 0.1) is 15.9 Å². The van der Waals surface area contributed by atoms with Crippen LogP contribution >= 0.6 is 0 Å². The maximum atomic E-state index is 13.1. The molecule has 0 aliphatic heterocycles. The van der Waals surface area contributed by atoms with Crippen molar-refractivity contribution in [3.63, 3.8) is 0 Å². The van der Waals surface area contributed by atoms with Gasteiger partial charge in [-0.15, -0.1) is 0 Å². The lowest BCUT2D eigenvalue weighted by Gasteiger charge is -2.04. The summed E-state index contributed by atoms with van der Waals surface area (Å²) < 4.78 is 59.3. The van der Waals surface area contributed by atoms with Crippen molar-refractivity contribution in [3.05, 3.63) is 27.7 Å². The smallest absolute Gasteiger partial charge is 0.258 e. The van der Waals surface area contributed by atoms with Gasteiger partial charge in [-0.3, -0.25) is 10.1 Å². The Bertz CT molecular complexity index is 574. The van der Waals surface area contributed by atoms with Crippen LogP contribution in [0.25, 0.3) is 0 Å². The Morgan fingerprint density at radius 1 is 1.47 bits per heavy atom. The molecule has 11 heteroatoms. The molecule has 7 nitrogen and oxygen atoms in total. The molecule has 0 fully saturated rings. The highest BCUT2D eigenvalue weighted by molar-refractivity contribution is 7.89. The molecule has 0 amide bonds. The molecule has 0 aromatic carbocycles. The number of nitrogens with zero attached hydrogens (tertiary/aromatic N) is 2. The molecule has 0 unspecified atom stereocenters. The first kappa shape index (κ1) is 13.3. The largest absolute Gasteiger partial charge is 0.299 e. The molecule has 94 valence electrons. The number of rotatable bonds is 3. The molecule has 0 spiro atoms. The lowest BCUT2D eigenvalue weighted by Crippen LogP contribution is -2.17. The fourth-order valence-corrected chi connectivity index (χ4v) is 1.54. The molecule has 0 bridgehead atoms. The van der Waals surface area contributed by atoms with Gasteiger partial charge in [0, 0.05) is 0 Å². The van der Waals surface area contributed by atoms with E-state index in [1.807, 2.05) is 0 Å². The zero-order chi connectivity index (χ0) is 13.4. The minimum Gasteiger partial charge on any atom is -0.258 e. The highest BCUT2D eigenvalue weighted by atomic mass is 32.2. The van der Waals surface area contributed by atoms with E-state index in [2.05, 4.69) is 10.1 Å². The highest BCUT2D eigenvalue weighted by Gasteiger charge is 2.29. The van der Waals surface area contributed by atoms with E-state index in [9.17, 15) is 31.7 Å². The Morgan fingerprint density at radius 2 is 2.00 bits per heavy atom. The van der Waals surface area contributed by atoms with Gasteiger partial charge in [0.2, 0.25) is 5.03 Å². The van der Waals surface area contributed by atoms with Crippen LogP contribution in [0.4, 0.5) is 18.9 Å². The standard InChI is InChI=1S/C6H4F3N3O4S/c7-2-1-3(12(13)14)4(5(8)9)11-6(2)17(10,15)16/h1,5H,(H2,10,15,16). The van der Waals surface area contributed by atoms with E-state index in [4.69, 9.17) is 0 Å². The molecular weight excluding hydrogens is 267 g/mol. The second-order valence-corrected chi connectivity index (χ2v) is 4.26. The van der Waals surface area contributed by atoms with Gasteiger partial charge in [0.25, 0.3) is 22.1 Å². The van der Waals surface area contributed by atoms with Gasteiger partial charge in [0.15, 0.2) is 11.5 Å². The summed E-state index contributed by atoms with van der Waals surface area (Å²) >= 11 is 0. The number of hydrogen-bond donors (Lipinski definition) is 1. The molecule has 0 saturated carbocycles. The number of sulfonamides is 1. The number of halogens is 3. The average molecular weight is 271 g/mol. The minimum atomic E-state index is -4.67. The van der Waals surface area contributed by atoms with Crippen LogP contribution in [0.5, 0.6) is 0 Å². The zero-order valence-corrected chi connectivity index (χ0v) is 8.62. The molecule has 1 heterocycles. The maximum absolute atomic E-state index is 13.1. The predicted octanol–water partition coefficient (Wildman–Crippen LogP) is 0.714. The SMILES string of the molecule is NS(=O)(=O)c1nc(C(F)F)c([N+](=O)[O-])cc1F. The fourth-order valence-electron chi connectivity index (χ4n) is 0.982. The summed E-state index contributed by atoms with van der Waals surface area (Å²) in [5, 5.41) is 13.4. The van der Waals surface area contributed by atoms with Crippen molar-refractivity contribution in [3.8, 4) is 0 Å². The first-order valence-electron chi connectivity index (χ1n) is 3.80. The Labute approximate surface area is 92.3 Å². The van der Waals surface area contributed by atoms with Crippen molar-refractivity contribution >= 4 is 15.7 Å². The summed E-state index contributed by atoms with van der Waals surface area (Å²) in [5.74, 6) is -1.66. The lowest BCUT2D eigenvalue weighted by atomic mass is 10.3. The van der Waals surface area contributed by atoms with Crippen LogP contribution in [0.2, 0.25) is 0 Å². The first-order chi connectivity index (χ1) is 7.64. The van der Waals surface area contributed by atoms with Gasteiger partial charge in [-0.05, 0) is 0 Å². The molecule has 2 N–H and O–H groups in total. The van der Waals surface area contributed by atoms with Crippen molar-refractivity contribution < 1.29 is 26.5 Å². The summed E-state index contributed by atoms with van der Waals surface area (Å²) in [5.41, 5.74) is -2.77. The normalized spacial score (nSPS) is 11.8. The first-order valence-corrected chi connectivity index (χ1v) is 5.35. The van der Waals surface area contributed by atoms with E-state index in [-0.39, 0.29) is 6.07 Å². The van der Waals surface area contributed by atoms with E-state index in [0.29, 0.717) is 0 Å². The molecule has 0 aliphatic carbocycles. The Balaban J connectivity index is 3.63. The van der Waals surface area contributed by atoms with Crippen LogP contribution in [-0.2, 0) is 10.0 Å². The molecule has 17 heavy (non-hydrogen) atoms. The molecule has 0 atom stereocenters. The summed E-state index contributed by atoms with van der Waals surface area (Å²) in [6, 6.07) is 0.0359. The minimum absolute atomic E-state index is 0.0359. The third-order valence-electron chi connectivity index (χ3n) is 1.63. The molecule has 1 aromatic heterocycles. The van der Waals surface area contributed by atoms with E-state index < -0.39 is 43.6 Å². The third-order valence-corrected chi connectivity index (χ3v) is 2.45. The van der Waals surface area contributed by atoms with Gasteiger partial charge in [-0.25, -0.2) is 31.7 Å². The molecule has 1 rings (SSSR count). The summed E-state index contributed by atoms with van der Waals surface area (Å²) in [4.78, 5) is 11.7. The average Bonchev–Trinajstić information content (AvgIpc) is 2.14. The number of alkyl halides is 2. The van der Waals surface area contributed by atoms with Crippen LogP contribution in [-0.4, -0.2) is 18.3 Å². The predicted molar refractivity (Wildman–Crippen MR) is 47.2 cm³/mol. The van der Waals surface area contributed by atoms with Crippen molar-refractivity contribution in [2.75, 3.05) is 0 Å².